The molecule has 35 heavy (non-hydrogen) atoms. The van der Waals surface area contributed by atoms with Crippen LogP contribution in [-0.4, -0.2) is 80.9 Å². The quantitative estimate of drug-likeness (QED) is 0.146. The minimum atomic E-state index is -1.71. The Morgan fingerprint density at radius 3 is 1.97 bits per heavy atom. The number of aromatic hydroxyl groups is 1. The molecular formula is C22H32N4O9. The molecule has 9 N–H and O–H groups in total. The van der Waals surface area contributed by atoms with E-state index in [1.807, 2.05) is 0 Å². The first-order valence-electron chi connectivity index (χ1n) is 10.9. The number of phenols is 1. The van der Waals surface area contributed by atoms with Crippen molar-refractivity contribution in [3.8, 4) is 5.75 Å². The molecule has 0 saturated heterocycles. The fourth-order valence-corrected chi connectivity index (χ4v) is 3.04. The standard InChI is InChI=1S/C22H32N4O9/c1-3-11(2)18(21(33)24-15(22(34)35)9-17(29)30)26-20(32)16(10-27)25-19(31)14(23)8-12-4-6-13(28)7-5-12/h4-7,11,14-16,18,27-28H,3,8-10,23H2,1-2H3,(H,24,33)(H,25,31)(H,26,32)(H,29,30)(H,34,35). The number of aliphatic hydroxyl groups is 1. The second-order valence-electron chi connectivity index (χ2n) is 8.09. The van der Waals surface area contributed by atoms with Crippen LogP contribution in [0.25, 0.3) is 0 Å². The summed E-state index contributed by atoms with van der Waals surface area (Å²) < 4.78 is 0. The van der Waals surface area contributed by atoms with Crippen molar-refractivity contribution < 1.29 is 44.4 Å². The molecule has 0 saturated carbocycles. The summed E-state index contributed by atoms with van der Waals surface area (Å²) in [6.07, 6.45) is -0.386. The van der Waals surface area contributed by atoms with Crippen LogP contribution in [0.1, 0.15) is 32.3 Å². The maximum atomic E-state index is 12.7. The third-order valence-electron chi connectivity index (χ3n) is 5.33. The van der Waals surface area contributed by atoms with Gasteiger partial charge in [0.15, 0.2) is 0 Å². The lowest BCUT2D eigenvalue weighted by Gasteiger charge is -2.27. The van der Waals surface area contributed by atoms with Crippen LogP contribution in [0.2, 0.25) is 0 Å². The van der Waals surface area contributed by atoms with Crippen molar-refractivity contribution in [1.29, 1.82) is 0 Å². The summed E-state index contributed by atoms with van der Waals surface area (Å²) in [5, 5.41) is 43.7. The maximum Gasteiger partial charge on any atom is 0.326 e. The third kappa shape index (κ3) is 9.59. The molecule has 0 radical (unpaired) electrons. The molecule has 1 rings (SSSR count). The highest BCUT2D eigenvalue weighted by Crippen LogP contribution is 2.12. The molecule has 13 nitrogen and oxygen atoms in total. The van der Waals surface area contributed by atoms with Crippen molar-refractivity contribution >= 4 is 29.7 Å². The van der Waals surface area contributed by atoms with Crippen LogP contribution in [0.4, 0.5) is 0 Å². The van der Waals surface area contributed by atoms with E-state index in [0.717, 1.165) is 0 Å². The summed E-state index contributed by atoms with van der Waals surface area (Å²) in [7, 11) is 0. The SMILES string of the molecule is CCC(C)C(NC(=O)C(CO)NC(=O)C(N)Cc1ccc(O)cc1)C(=O)NC(CC(=O)O)C(=O)O. The minimum Gasteiger partial charge on any atom is -0.508 e. The fourth-order valence-electron chi connectivity index (χ4n) is 3.04. The zero-order chi connectivity index (χ0) is 26.7. The summed E-state index contributed by atoms with van der Waals surface area (Å²) in [6, 6.07) is 0.481. The van der Waals surface area contributed by atoms with Gasteiger partial charge in [-0.3, -0.25) is 19.2 Å². The van der Waals surface area contributed by atoms with E-state index >= 15 is 0 Å². The van der Waals surface area contributed by atoms with Gasteiger partial charge in [0.2, 0.25) is 17.7 Å². The van der Waals surface area contributed by atoms with E-state index in [1.54, 1.807) is 26.0 Å². The van der Waals surface area contributed by atoms with E-state index < -0.39 is 72.8 Å². The Balaban J connectivity index is 2.87. The van der Waals surface area contributed by atoms with Crippen LogP contribution in [0.5, 0.6) is 5.75 Å². The van der Waals surface area contributed by atoms with Crippen molar-refractivity contribution in [3.63, 3.8) is 0 Å². The number of carboxylic acid groups (broad SMARTS) is 2. The van der Waals surface area contributed by atoms with Gasteiger partial charge in [0.05, 0.1) is 19.1 Å². The molecule has 0 aliphatic rings. The van der Waals surface area contributed by atoms with E-state index in [0.29, 0.717) is 12.0 Å². The first kappa shape index (κ1) is 29.3. The van der Waals surface area contributed by atoms with Crippen molar-refractivity contribution in [2.24, 2.45) is 11.7 Å². The average Bonchev–Trinajstić information content (AvgIpc) is 2.80. The third-order valence-corrected chi connectivity index (χ3v) is 5.33. The molecule has 13 heteroatoms. The second-order valence-corrected chi connectivity index (χ2v) is 8.09. The number of amides is 3. The van der Waals surface area contributed by atoms with Gasteiger partial charge in [-0.05, 0) is 30.0 Å². The van der Waals surface area contributed by atoms with Gasteiger partial charge in [-0.25, -0.2) is 4.79 Å². The first-order valence-corrected chi connectivity index (χ1v) is 10.9. The number of phenolic OH excluding ortho intramolecular Hbond substituents is 1. The van der Waals surface area contributed by atoms with Crippen molar-refractivity contribution in [2.75, 3.05) is 6.61 Å². The molecule has 0 heterocycles. The first-order chi connectivity index (χ1) is 16.4. The minimum absolute atomic E-state index is 0.0429. The topological polar surface area (TPSA) is 228 Å². The van der Waals surface area contributed by atoms with Crippen LogP contribution >= 0.6 is 0 Å². The average molecular weight is 497 g/mol. The fraction of sp³-hybridized carbons (Fsp3) is 0.500. The van der Waals surface area contributed by atoms with E-state index in [1.165, 1.54) is 12.1 Å². The molecule has 0 bridgehead atoms. The smallest absolute Gasteiger partial charge is 0.326 e. The number of rotatable bonds is 14. The Kier molecular flexibility index (Phi) is 11.6. The molecule has 0 aromatic heterocycles. The predicted octanol–water partition coefficient (Wildman–Crippen LogP) is -1.69. The van der Waals surface area contributed by atoms with Gasteiger partial charge in [0, 0.05) is 0 Å². The summed E-state index contributed by atoms with van der Waals surface area (Å²) in [4.78, 5) is 60.0. The van der Waals surface area contributed by atoms with Crippen molar-refractivity contribution in [3.05, 3.63) is 29.8 Å². The van der Waals surface area contributed by atoms with Gasteiger partial charge in [-0.2, -0.15) is 0 Å². The van der Waals surface area contributed by atoms with E-state index in [-0.39, 0.29) is 12.2 Å². The molecule has 194 valence electrons. The lowest BCUT2D eigenvalue weighted by atomic mass is 9.97. The number of hydrogen-bond donors (Lipinski definition) is 8. The Hall–Kier alpha value is -3.71. The van der Waals surface area contributed by atoms with Gasteiger partial charge in [-0.1, -0.05) is 32.4 Å². The number of aliphatic hydroxyl groups excluding tert-OH is 1. The molecule has 0 aliphatic carbocycles. The number of aliphatic carboxylic acids is 2. The highest BCUT2D eigenvalue weighted by Gasteiger charge is 2.33. The Bertz CT molecular complexity index is 907. The number of benzene rings is 1. The number of carbonyl (C=O) groups is 5. The molecule has 3 amide bonds. The molecule has 0 aliphatic heterocycles. The highest BCUT2D eigenvalue weighted by molar-refractivity contribution is 5.94. The normalized spacial score (nSPS) is 15.1. The monoisotopic (exact) mass is 496 g/mol. The maximum absolute atomic E-state index is 12.7. The molecule has 1 aromatic carbocycles. The lowest BCUT2D eigenvalue weighted by Crippen LogP contribution is -2.59. The number of carbonyl (C=O) groups excluding carboxylic acids is 3. The Morgan fingerprint density at radius 2 is 1.49 bits per heavy atom. The zero-order valence-corrected chi connectivity index (χ0v) is 19.4. The molecule has 5 unspecified atom stereocenters. The van der Waals surface area contributed by atoms with Crippen LogP contribution in [0.3, 0.4) is 0 Å². The van der Waals surface area contributed by atoms with E-state index in [2.05, 4.69) is 16.0 Å². The Labute approximate surface area is 201 Å². The van der Waals surface area contributed by atoms with E-state index in [9.17, 15) is 34.2 Å². The molecular weight excluding hydrogens is 464 g/mol. The van der Waals surface area contributed by atoms with Gasteiger partial charge < -0.3 is 42.1 Å². The van der Waals surface area contributed by atoms with Crippen molar-refractivity contribution in [2.45, 2.75) is 57.3 Å². The van der Waals surface area contributed by atoms with Crippen molar-refractivity contribution in [1.82, 2.24) is 16.0 Å². The van der Waals surface area contributed by atoms with Gasteiger partial charge in [-0.15, -0.1) is 0 Å². The van der Waals surface area contributed by atoms with Gasteiger partial charge >= 0.3 is 11.9 Å². The summed E-state index contributed by atoms with van der Waals surface area (Å²) in [5.41, 5.74) is 6.53. The van der Waals surface area contributed by atoms with Gasteiger partial charge in [0.25, 0.3) is 0 Å². The number of nitrogens with one attached hydrogen (secondary N) is 3. The Morgan fingerprint density at radius 1 is 0.914 bits per heavy atom. The lowest BCUT2D eigenvalue weighted by molar-refractivity contribution is -0.147. The number of carboxylic acids is 2. The molecule has 0 spiro atoms. The molecule has 1 aromatic rings. The van der Waals surface area contributed by atoms with Crippen LogP contribution in [-0.2, 0) is 30.4 Å². The highest BCUT2D eigenvalue weighted by atomic mass is 16.4. The van der Waals surface area contributed by atoms with Crippen LogP contribution in [0.15, 0.2) is 24.3 Å². The van der Waals surface area contributed by atoms with Crippen LogP contribution in [0, 0.1) is 5.92 Å². The number of nitrogens with two attached hydrogens (primary N) is 1. The number of hydrogen-bond acceptors (Lipinski definition) is 8. The second kappa shape index (κ2) is 13.9. The summed E-state index contributed by atoms with van der Waals surface area (Å²) in [6.45, 7) is 2.52. The van der Waals surface area contributed by atoms with E-state index in [4.69, 9.17) is 15.9 Å². The van der Waals surface area contributed by atoms with Gasteiger partial charge in [0.1, 0.15) is 23.9 Å². The largest absolute Gasteiger partial charge is 0.508 e. The van der Waals surface area contributed by atoms with Crippen LogP contribution < -0.4 is 21.7 Å². The molecule has 5 atom stereocenters. The zero-order valence-electron chi connectivity index (χ0n) is 19.4. The predicted molar refractivity (Wildman–Crippen MR) is 122 cm³/mol. The molecule has 0 fully saturated rings. The summed E-state index contributed by atoms with van der Waals surface area (Å²) in [5.74, 6) is -6.03. The summed E-state index contributed by atoms with van der Waals surface area (Å²) >= 11 is 0.